The highest BCUT2D eigenvalue weighted by molar-refractivity contribution is 7.10. The summed E-state index contributed by atoms with van der Waals surface area (Å²) in [5.41, 5.74) is 7.68. The molecule has 0 fully saturated rings. The minimum Gasteiger partial charge on any atom is -0.496 e. The second kappa shape index (κ2) is 10.5. The summed E-state index contributed by atoms with van der Waals surface area (Å²) in [7, 11) is 1.64. The third-order valence-electron chi connectivity index (χ3n) is 5.72. The maximum atomic E-state index is 12.6. The van der Waals surface area contributed by atoms with Gasteiger partial charge in [0.25, 0.3) is 5.91 Å². The van der Waals surface area contributed by atoms with E-state index in [2.05, 4.69) is 29.6 Å². The SMILES string of the molecule is CCc1ccc(OCc2cc(/C=N/NC(=O)c3csc4c3CCCC4)ccc2OC)cc1. The first-order chi connectivity index (χ1) is 15.7. The third kappa shape index (κ3) is 5.19. The number of methoxy groups -OCH3 is 1. The summed E-state index contributed by atoms with van der Waals surface area (Å²) in [6.07, 6.45) is 7.06. The summed E-state index contributed by atoms with van der Waals surface area (Å²) in [6.45, 7) is 2.51. The van der Waals surface area contributed by atoms with Gasteiger partial charge >= 0.3 is 0 Å². The normalized spacial score (nSPS) is 13.1. The summed E-state index contributed by atoms with van der Waals surface area (Å²) in [4.78, 5) is 13.9. The summed E-state index contributed by atoms with van der Waals surface area (Å²) >= 11 is 1.68. The number of nitrogens with one attached hydrogen (secondary N) is 1. The number of nitrogens with zero attached hydrogens (tertiary/aromatic N) is 1. The number of carbonyl (C=O) groups is 1. The standard InChI is InChI=1S/C26H28N2O3S/c1-3-18-8-11-21(12-9-18)31-16-20-14-19(10-13-24(20)30-2)15-27-28-26(29)23-17-32-25-7-5-4-6-22(23)25/h8-15,17H,3-7,16H2,1-2H3,(H,28,29)/b27-15+. The molecule has 3 aromatic rings. The Bertz CT molecular complexity index is 1100. The molecule has 0 saturated carbocycles. The van der Waals surface area contributed by atoms with Crippen molar-refractivity contribution in [3.05, 3.63) is 80.5 Å². The fraction of sp³-hybridized carbons (Fsp3) is 0.308. The minimum atomic E-state index is -0.145. The second-order valence-corrected chi connectivity index (χ2v) is 8.78. The number of benzene rings is 2. The number of fused-ring (bicyclic) bond motifs is 1. The van der Waals surface area contributed by atoms with Crippen molar-refractivity contribution in [1.29, 1.82) is 0 Å². The molecule has 1 N–H and O–H groups in total. The van der Waals surface area contributed by atoms with Crippen molar-refractivity contribution < 1.29 is 14.3 Å². The van der Waals surface area contributed by atoms with E-state index in [1.54, 1.807) is 24.7 Å². The highest BCUT2D eigenvalue weighted by Crippen LogP contribution is 2.30. The molecule has 5 nitrogen and oxygen atoms in total. The number of hydrazone groups is 1. The van der Waals surface area contributed by atoms with E-state index >= 15 is 0 Å². The van der Waals surface area contributed by atoms with Crippen LogP contribution in [-0.4, -0.2) is 19.2 Å². The largest absolute Gasteiger partial charge is 0.496 e. The molecule has 0 bridgehead atoms. The molecule has 0 unspecified atom stereocenters. The lowest BCUT2D eigenvalue weighted by atomic mass is 9.96. The van der Waals surface area contributed by atoms with Crippen molar-refractivity contribution in [3.63, 3.8) is 0 Å². The minimum absolute atomic E-state index is 0.145. The van der Waals surface area contributed by atoms with Crippen LogP contribution in [-0.2, 0) is 25.9 Å². The van der Waals surface area contributed by atoms with E-state index in [1.807, 2.05) is 35.7 Å². The Balaban J connectivity index is 1.40. The van der Waals surface area contributed by atoms with E-state index in [0.29, 0.717) is 6.61 Å². The van der Waals surface area contributed by atoms with Gasteiger partial charge in [0.05, 0.1) is 18.9 Å². The number of hydrogen-bond acceptors (Lipinski definition) is 5. The Kier molecular flexibility index (Phi) is 7.22. The molecule has 1 aliphatic rings. The predicted octanol–water partition coefficient (Wildman–Crippen LogP) is 5.54. The highest BCUT2D eigenvalue weighted by Gasteiger charge is 2.19. The first-order valence-corrected chi connectivity index (χ1v) is 11.9. The molecule has 166 valence electrons. The third-order valence-corrected chi connectivity index (χ3v) is 6.80. The first kappa shape index (κ1) is 22.1. The fourth-order valence-electron chi connectivity index (χ4n) is 3.88. The van der Waals surface area contributed by atoms with Gasteiger partial charge in [-0.25, -0.2) is 5.43 Å². The first-order valence-electron chi connectivity index (χ1n) is 11.0. The molecule has 0 radical (unpaired) electrons. The monoisotopic (exact) mass is 448 g/mol. The van der Waals surface area contributed by atoms with Gasteiger partial charge in [-0.1, -0.05) is 19.1 Å². The average Bonchev–Trinajstić information content (AvgIpc) is 3.27. The van der Waals surface area contributed by atoms with Crippen LogP contribution < -0.4 is 14.9 Å². The van der Waals surface area contributed by atoms with Crippen LogP contribution in [0.4, 0.5) is 0 Å². The van der Waals surface area contributed by atoms with Gasteiger partial charge < -0.3 is 9.47 Å². The molecule has 4 rings (SSSR count). The topological polar surface area (TPSA) is 59.9 Å². The molecule has 0 spiro atoms. The van der Waals surface area contributed by atoms with E-state index in [0.717, 1.165) is 53.9 Å². The van der Waals surface area contributed by atoms with Gasteiger partial charge in [-0.05, 0) is 79.1 Å². The van der Waals surface area contributed by atoms with E-state index in [-0.39, 0.29) is 5.91 Å². The van der Waals surface area contributed by atoms with Crippen LogP contribution in [0.25, 0.3) is 0 Å². The van der Waals surface area contributed by atoms with Gasteiger partial charge in [-0.3, -0.25) is 4.79 Å². The number of carbonyl (C=O) groups excluding carboxylic acids is 1. The van der Waals surface area contributed by atoms with Crippen LogP contribution in [0.5, 0.6) is 11.5 Å². The molecule has 32 heavy (non-hydrogen) atoms. The Morgan fingerprint density at radius 3 is 2.75 bits per heavy atom. The molecule has 0 aliphatic heterocycles. The molecule has 1 heterocycles. The Morgan fingerprint density at radius 2 is 1.97 bits per heavy atom. The van der Waals surface area contributed by atoms with Crippen molar-refractivity contribution in [2.24, 2.45) is 5.10 Å². The summed E-state index contributed by atoms with van der Waals surface area (Å²) in [5, 5.41) is 6.13. The number of rotatable bonds is 8. The highest BCUT2D eigenvalue weighted by atomic mass is 32.1. The second-order valence-electron chi connectivity index (χ2n) is 7.81. The van der Waals surface area contributed by atoms with Crippen molar-refractivity contribution >= 4 is 23.5 Å². The molecule has 1 aliphatic carbocycles. The van der Waals surface area contributed by atoms with Crippen LogP contribution in [0.3, 0.4) is 0 Å². The van der Waals surface area contributed by atoms with Crippen LogP contribution in [0.15, 0.2) is 52.9 Å². The van der Waals surface area contributed by atoms with Crippen LogP contribution >= 0.6 is 11.3 Å². The number of amides is 1. The van der Waals surface area contributed by atoms with E-state index < -0.39 is 0 Å². The lowest BCUT2D eigenvalue weighted by molar-refractivity contribution is 0.0954. The predicted molar refractivity (Wildman–Crippen MR) is 129 cm³/mol. The Morgan fingerprint density at radius 1 is 1.16 bits per heavy atom. The van der Waals surface area contributed by atoms with Crippen molar-refractivity contribution in [1.82, 2.24) is 5.43 Å². The van der Waals surface area contributed by atoms with E-state index in [9.17, 15) is 4.79 Å². The average molecular weight is 449 g/mol. The molecule has 1 aromatic heterocycles. The van der Waals surface area contributed by atoms with Crippen LogP contribution in [0.1, 0.15) is 57.3 Å². The zero-order chi connectivity index (χ0) is 22.3. The van der Waals surface area contributed by atoms with Gasteiger partial charge in [0.15, 0.2) is 0 Å². The van der Waals surface area contributed by atoms with Crippen molar-refractivity contribution in [3.8, 4) is 11.5 Å². The fourth-order valence-corrected chi connectivity index (χ4v) is 5.01. The maximum Gasteiger partial charge on any atom is 0.272 e. The Hall–Kier alpha value is -3.12. The lowest BCUT2D eigenvalue weighted by Crippen LogP contribution is -2.19. The molecule has 0 atom stereocenters. The zero-order valence-corrected chi connectivity index (χ0v) is 19.3. The molecule has 0 saturated heterocycles. The van der Waals surface area contributed by atoms with Gasteiger partial charge in [0, 0.05) is 15.8 Å². The number of hydrogen-bond donors (Lipinski definition) is 1. The van der Waals surface area contributed by atoms with Gasteiger partial charge in [0.1, 0.15) is 18.1 Å². The summed E-state index contributed by atoms with van der Waals surface area (Å²) < 4.78 is 11.4. The van der Waals surface area contributed by atoms with E-state index in [4.69, 9.17) is 9.47 Å². The molecule has 6 heteroatoms. The molecular weight excluding hydrogens is 420 g/mol. The maximum absolute atomic E-state index is 12.6. The lowest BCUT2D eigenvalue weighted by Gasteiger charge is -2.12. The van der Waals surface area contributed by atoms with Gasteiger partial charge in [-0.15, -0.1) is 11.3 Å². The number of thiophene rings is 1. The molecular formula is C26H28N2O3S. The van der Waals surface area contributed by atoms with Crippen LogP contribution in [0, 0.1) is 0 Å². The molecule has 1 amide bonds. The van der Waals surface area contributed by atoms with Gasteiger partial charge in [-0.2, -0.15) is 5.10 Å². The van der Waals surface area contributed by atoms with Crippen molar-refractivity contribution in [2.75, 3.05) is 7.11 Å². The number of aryl methyl sites for hydroxylation is 2. The van der Waals surface area contributed by atoms with Crippen LogP contribution in [0.2, 0.25) is 0 Å². The zero-order valence-electron chi connectivity index (χ0n) is 18.5. The number of ether oxygens (including phenoxy) is 2. The smallest absolute Gasteiger partial charge is 0.272 e. The quantitative estimate of drug-likeness (QED) is 0.364. The summed E-state index contributed by atoms with van der Waals surface area (Å²) in [5.74, 6) is 1.42. The van der Waals surface area contributed by atoms with Crippen molar-refractivity contribution in [2.45, 2.75) is 45.6 Å². The summed E-state index contributed by atoms with van der Waals surface area (Å²) in [6, 6.07) is 13.9. The molecule has 2 aromatic carbocycles. The van der Waals surface area contributed by atoms with Gasteiger partial charge in [0.2, 0.25) is 0 Å². The van der Waals surface area contributed by atoms with E-state index in [1.165, 1.54) is 22.4 Å². The Labute approximate surface area is 193 Å².